The minimum Gasteiger partial charge on any atom is -0.298 e. The topological polar surface area (TPSA) is 48.1 Å². The Morgan fingerprint density at radius 3 is 2.91 bits per heavy atom. The lowest BCUT2D eigenvalue weighted by Crippen LogP contribution is -2.00. The molecule has 3 heteroatoms. The highest BCUT2D eigenvalue weighted by atomic mass is 16.6. The molecule has 1 heterocycles. The van der Waals surface area contributed by atoms with Gasteiger partial charge in [-0.1, -0.05) is 18.7 Å². The maximum Gasteiger partial charge on any atom is 0.110 e. The first-order valence-electron chi connectivity index (χ1n) is 3.26. The molecule has 0 bridgehead atoms. The van der Waals surface area contributed by atoms with E-state index in [2.05, 4.69) is 16.4 Å². The molecule has 0 unspecified atom stereocenters. The molecule has 58 valence electrons. The van der Waals surface area contributed by atoms with Crippen molar-refractivity contribution in [2.45, 2.75) is 6.61 Å². The summed E-state index contributed by atoms with van der Waals surface area (Å²) in [4.78, 5) is 8.48. The zero-order valence-corrected chi connectivity index (χ0v) is 6.16. The molecule has 0 spiro atoms. The van der Waals surface area contributed by atoms with Crippen LogP contribution in [-0.2, 0) is 11.4 Å². The zero-order chi connectivity index (χ0) is 8.10. The summed E-state index contributed by atoms with van der Waals surface area (Å²) in [6, 6.07) is 3.76. The van der Waals surface area contributed by atoms with Gasteiger partial charge in [0, 0.05) is 6.20 Å². The molecule has 0 aromatic carbocycles. The van der Waals surface area contributed by atoms with E-state index in [4.69, 9.17) is 5.90 Å². The molecule has 0 aliphatic carbocycles. The molecule has 1 aromatic heterocycles. The van der Waals surface area contributed by atoms with Crippen LogP contribution in [0.15, 0.2) is 24.9 Å². The van der Waals surface area contributed by atoms with Crippen LogP contribution in [0.4, 0.5) is 0 Å². The summed E-state index contributed by atoms with van der Waals surface area (Å²) in [5.74, 6) is 4.87. The largest absolute Gasteiger partial charge is 0.298 e. The van der Waals surface area contributed by atoms with Crippen molar-refractivity contribution in [1.82, 2.24) is 4.98 Å². The number of rotatable bonds is 3. The minimum atomic E-state index is 0.345. The van der Waals surface area contributed by atoms with Gasteiger partial charge in [0.1, 0.15) is 6.61 Å². The van der Waals surface area contributed by atoms with E-state index in [1.807, 2.05) is 12.1 Å². The lowest BCUT2D eigenvalue weighted by molar-refractivity contribution is 0.121. The predicted octanol–water partition coefficient (Wildman–Crippen LogP) is 1.11. The van der Waals surface area contributed by atoms with Crippen LogP contribution >= 0.6 is 0 Å². The van der Waals surface area contributed by atoms with Crippen molar-refractivity contribution < 1.29 is 4.84 Å². The smallest absolute Gasteiger partial charge is 0.110 e. The van der Waals surface area contributed by atoms with Crippen molar-refractivity contribution >= 4 is 6.08 Å². The van der Waals surface area contributed by atoms with Crippen LogP contribution in [0.2, 0.25) is 0 Å². The van der Waals surface area contributed by atoms with Gasteiger partial charge in [-0.05, 0) is 11.6 Å². The standard InChI is InChI=1S/C8H10N2O/c1-2-7-3-4-8(6-11-9)10-5-7/h2-5H,1,6,9H2. The van der Waals surface area contributed by atoms with Crippen LogP contribution < -0.4 is 5.90 Å². The summed E-state index contributed by atoms with van der Waals surface area (Å²) < 4.78 is 0. The number of aromatic nitrogens is 1. The fraction of sp³-hybridized carbons (Fsp3) is 0.125. The predicted molar refractivity (Wildman–Crippen MR) is 43.3 cm³/mol. The van der Waals surface area contributed by atoms with E-state index in [1.54, 1.807) is 12.3 Å². The molecule has 0 fully saturated rings. The molecule has 0 saturated heterocycles. The third-order valence-electron chi connectivity index (χ3n) is 1.31. The molecule has 3 nitrogen and oxygen atoms in total. The SMILES string of the molecule is C=Cc1ccc(CON)nc1. The highest BCUT2D eigenvalue weighted by molar-refractivity contribution is 5.44. The second-order valence-electron chi connectivity index (χ2n) is 2.10. The van der Waals surface area contributed by atoms with Gasteiger partial charge in [0.15, 0.2) is 0 Å². The summed E-state index contributed by atoms with van der Waals surface area (Å²) >= 11 is 0. The number of pyridine rings is 1. The van der Waals surface area contributed by atoms with E-state index in [0.717, 1.165) is 11.3 Å². The second-order valence-corrected chi connectivity index (χ2v) is 2.10. The van der Waals surface area contributed by atoms with Crippen molar-refractivity contribution in [1.29, 1.82) is 0 Å². The normalized spacial score (nSPS) is 9.55. The van der Waals surface area contributed by atoms with Crippen molar-refractivity contribution in [3.8, 4) is 0 Å². The molecule has 0 radical (unpaired) electrons. The maximum absolute atomic E-state index is 4.87. The Bertz CT molecular complexity index is 230. The van der Waals surface area contributed by atoms with Crippen LogP contribution in [0.1, 0.15) is 11.3 Å². The summed E-state index contributed by atoms with van der Waals surface area (Å²) in [6.07, 6.45) is 3.46. The van der Waals surface area contributed by atoms with Gasteiger partial charge in [-0.2, -0.15) is 0 Å². The molecule has 0 amide bonds. The van der Waals surface area contributed by atoms with Crippen LogP contribution in [0.3, 0.4) is 0 Å². The quantitative estimate of drug-likeness (QED) is 0.657. The third kappa shape index (κ3) is 2.14. The monoisotopic (exact) mass is 150 g/mol. The Balaban J connectivity index is 2.74. The van der Waals surface area contributed by atoms with Gasteiger partial charge in [-0.3, -0.25) is 9.82 Å². The molecular formula is C8H10N2O. The van der Waals surface area contributed by atoms with E-state index >= 15 is 0 Å². The van der Waals surface area contributed by atoms with Gasteiger partial charge in [0.25, 0.3) is 0 Å². The fourth-order valence-electron chi connectivity index (χ4n) is 0.727. The Morgan fingerprint density at radius 2 is 2.45 bits per heavy atom. The fourth-order valence-corrected chi connectivity index (χ4v) is 0.727. The molecular weight excluding hydrogens is 140 g/mol. The van der Waals surface area contributed by atoms with E-state index in [9.17, 15) is 0 Å². The van der Waals surface area contributed by atoms with Crippen molar-refractivity contribution in [2.24, 2.45) is 5.90 Å². The summed E-state index contributed by atoms with van der Waals surface area (Å²) in [6.45, 7) is 3.96. The van der Waals surface area contributed by atoms with E-state index in [1.165, 1.54) is 0 Å². The highest BCUT2D eigenvalue weighted by Gasteiger charge is 1.91. The lowest BCUT2D eigenvalue weighted by atomic mass is 10.2. The van der Waals surface area contributed by atoms with Gasteiger partial charge in [-0.15, -0.1) is 0 Å². The first-order valence-corrected chi connectivity index (χ1v) is 3.26. The molecule has 1 rings (SSSR count). The Labute approximate surface area is 65.5 Å². The first kappa shape index (κ1) is 7.91. The first-order chi connectivity index (χ1) is 5.36. The molecule has 11 heavy (non-hydrogen) atoms. The van der Waals surface area contributed by atoms with Crippen LogP contribution in [0.5, 0.6) is 0 Å². The van der Waals surface area contributed by atoms with Crippen molar-refractivity contribution in [2.75, 3.05) is 0 Å². The Kier molecular flexibility index (Phi) is 2.77. The van der Waals surface area contributed by atoms with Gasteiger partial charge in [0.2, 0.25) is 0 Å². The number of hydrogen-bond donors (Lipinski definition) is 1. The summed E-state index contributed by atoms with van der Waals surface area (Å²) in [5.41, 5.74) is 1.81. The number of hydrogen-bond acceptors (Lipinski definition) is 3. The Morgan fingerprint density at radius 1 is 1.64 bits per heavy atom. The van der Waals surface area contributed by atoms with E-state index in [-0.39, 0.29) is 0 Å². The van der Waals surface area contributed by atoms with Crippen molar-refractivity contribution in [3.63, 3.8) is 0 Å². The third-order valence-corrected chi connectivity index (χ3v) is 1.31. The second kappa shape index (κ2) is 3.85. The molecule has 0 aliphatic rings. The van der Waals surface area contributed by atoms with Crippen molar-refractivity contribution in [3.05, 3.63) is 36.2 Å². The van der Waals surface area contributed by atoms with Crippen LogP contribution in [-0.4, -0.2) is 4.98 Å². The lowest BCUT2D eigenvalue weighted by Gasteiger charge is -1.97. The average Bonchev–Trinajstić information content (AvgIpc) is 2.07. The van der Waals surface area contributed by atoms with Gasteiger partial charge in [-0.25, -0.2) is 5.90 Å². The molecule has 2 N–H and O–H groups in total. The molecule has 0 saturated carbocycles. The molecule has 0 atom stereocenters. The van der Waals surface area contributed by atoms with E-state index < -0.39 is 0 Å². The van der Waals surface area contributed by atoms with Gasteiger partial charge < -0.3 is 0 Å². The highest BCUT2D eigenvalue weighted by Crippen LogP contribution is 2.01. The van der Waals surface area contributed by atoms with Crippen LogP contribution in [0.25, 0.3) is 6.08 Å². The number of nitrogens with two attached hydrogens (primary N) is 1. The minimum absolute atomic E-state index is 0.345. The van der Waals surface area contributed by atoms with Crippen LogP contribution in [0, 0.1) is 0 Å². The summed E-state index contributed by atoms with van der Waals surface area (Å²) in [5, 5.41) is 0. The molecule has 0 aliphatic heterocycles. The molecule has 1 aromatic rings. The maximum atomic E-state index is 4.87. The van der Waals surface area contributed by atoms with Gasteiger partial charge >= 0.3 is 0 Å². The average molecular weight is 150 g/mol. The Hall–Kier alpha value is -1.19. The van der Waals surface area contributed by atoms with Gasteiger partial charge in [0.05, 0.1) is 5.69 Å². The zero-order valence-electron chi connectivity index (χ0n) is 6.16. The van der Waals surface area contributed by atoms with E-state index in [0.29, 0.717) is 6.61 Å². The number of nitrogens with zero attached hydrogens (tertiary/aromatic N) is 1. The summed E-state index contributed by atoms with van der Waals surface area (Å²) in [7, 11) is 0.